The third-order valence-electron chi connectivity index (χ3n) is 3.80. The molecule has 10 nitrogen and oxygen atoms in total. The maximum atomic E-state index is 12.2. The van der Waals surface area contributed by atoms with Crippen LogP contribution in [0.1, 0.15) is 21.8 Å². The minimum atomic E-state index is -0.586. The summed E-state index contributed by atoms with van der Waals surface area (Å²) in [6, 6.07) is 10.7. The van der Waals surface area contributed by atoms with Gasteiger partial charge in [-0.2, -0.15) is 0 Å². The third kappa shape index (κ3) is 3.54. The second kappa shape index (κ2) is 6.75. The lowest BCUT2D eigenvalue weighted by Gasteiger charge is -2.01. The fourth-order valence-corrected chi connectivity index (χ4v) is 2.53. The Bertz CT molecular complexity index is 1030. The molecule has 0 atom stereocenters. The number of carbonyl (C=O) groups is 1. The summed E-state index contributed by atoms with van der Waals surface area (Å²) < 4.78 is 16.0. The molecule has 10 heteroatoms. The molecular formula is C17H12N4O6. The average molecular weight is 368 g/mol. The summed E-state index contributed by atoms with van der Waals surface area (Å²) in [5.41, 5.74) is 0.802. The van der Waals surface area contributed by atoms with E-state index in [1.807, 2.05) is 12.1 Å². The highest BCUT2D eigenvalue weighted by molar-refractivity contribution is 6.03. The molecule has 0 radical (unpaired) electrons. The Morgan fingerprint density at radius 2 is 2.00 bits per heavy atom. The minimum absolute atomic E-state index is 0.0951. The quantitative estimate of drug-likeness (QED) is 0.537. The Kier molecular flexibility index (Phi) is 4.13. The van der Waals surface area contributed by atoms with Gasteiger partial charge in [0.2, 0.25) is 12.7 Å². The van der Waals surface area contributed by atoms with Crippen molar-refractivity contribution in [2.75, 3.05) is 12.1 Å². The molecule has 4 rings (SSSR count). The molecule has 1 amide bonds. The molecule has 1 aromatic heterocycles. The number of fused-ring (bicyclic) bond motifs is 1. The zero-order valence-electron chi connectivity index (χ0n) is 13.7. The van der Waals surface area contributed by atoms with E-state index in [0.29, 0.717) is 23.8 Å². The number of anilines is 1. The number of hydrogen-bond donors (Lipinski definition) is 1. The van der Waals surface area contributed by atoms with Crippen molar-refractivity contribution in [2.24, 2.45) is 0 Å². The molecule has 2 aromatic carbocycles. The number of ether oxygens (including phenoxy) is 2. The highest BCUT2D eigenvalue weighted by Crippen LogP contribution is 2.33. The van der Waals surface area contributed by atoms with Gasteiger partial charge in [0.15, 0.2) is 11.5 Å². The molecule has 0 spiro atoms. The van der Waals surface area contributed by atoms with E-state index in [2.05, 4.69) is 15.5 Å². The van der Waals surface area contributed by atoms with Gasteiger partial charge in [-0.25, -0.2) is 0 Å². The van der Waals surface area contributed by atoms with E-state index in [9.17, 15) is 14.9 Å². The Balaban J connectivity index is 1.44. The predicted octanol–water partition coefficient (Wildman–Crippen LogP) is 2.55. The molecular weight excluding hydrogens is 356 g/mol. The van der Waals surface area contributed by atoms with Crippen LogP contribution in [0.25, 0.3) is 0 Å². The van der Waals surface area contributed by atoms with E-state index in [1.165, 1.54) is 24.3 Å². The van der Waals surface area contributed by atoms with Gasteiger partial charge in [-0.3, -0.25) is 20.2 Å². The summed E-state index contributed by atoms with van der Waals surface area (Å²) in [5.74, 6) is 1.03. The van der Waals surface area contributed by atoms with E-state index in [4.69, 9.17) is 13.9 Å². The number of amides is 1. The molecule has 3 aromatic rings. The number of non-ortho nitro benzene ring substituents is 1. The van der Waals surface area contributed by atoms with Crippen LogP contribution < -0.4 is 14.8 Å². The molecule has 0 fully saturated rings. The molecule has 0 saturated heterocycles. The summed E-state index contributed by atoms with van der Waals surface area (Å²) in [5, 5.41) is 20.9. The Morgan fingerprint density at radius 3 is 2.85 bits per heavy atom. The van der Waals surface area contributed by atoms with Crippen LogP contribution in [0.15, 0.2) is 46.9 Å². The van der Waals surface area contributed by atoms with Crippen molar-refractivity contribution in [1.82, 2.24) is 10.2 Å². The number of aromatic nitrogens is 2. The highest BCUT2D eigenvalue weighted by Gasteiger charge is 2.17. The van der Waals surface area contributed by atoms with Gasteiger partial charge in [0, 0.05) is 17.7 Å². The van der Waals surface area contributed by atoms with E-state index in [1.54, 1.807) is 6.07 Å². The summed E-state index contributed by atoms with van der Waals surface area (Å²) in [6.07, 6.45) is 0.344. The van der Waals surface area contributed by atoms with Crippen LogP contribution in [-0.2, 0) is 6.42 Å². The summed E-state index contributed by atoms with van der Waals surface area (Å²) in [4.78, 5) is 22.4. The van der Waals surface area contributed by atoms with Crippen molar-refractivity contribution >= 4 is 17.6 Å². The SMILES string of the molecule is O=C(Nc1nnc(Cc2ccc3c(c2)OCO3)o1)c1cccc([N+](=O)[O-])c1. The number of nitrogens with zero attached hydrogens (tertiary/aromatic N) is 3. The third-order valence-corrected chi connectivity index (χ3v) is 3.80. The van der Waals surface area contributed by atoms with Crippen LogP contribution in [0, 0.1) is 10.1 Å². The smallest absolute Gasteiger partial charge is 0.322 e. The van der Waals surface area contributed by atoms with Gasteiger partial charge in [-0.15, -0.1) is 5.10 Å². The van der Waals surface area contributed by atoms with E-state index in [-0.39, 0.29) is 24.1 Å². The van der Waals surface area contributed by atoms with Crippen molar-refractivity contribution in [2.45, 2.75) is 6.42 Å². The van der Waals surface area contributed by atoms with Crippen LogP contribution in [0.2, 0.25) is 0 Å². The first-order valence-electron chi connectivity index (χ1n) is 7.85. The van der Waals surface area contributed by atoms with E-state index < -0.39 is 10.8 Å². The van der Waals surface area contributed by atoms with Crippen LogP contribution in [0.4, 0.5) is 11.7 Å². The first-order chi connectivity index (χ1) is 13.1. The number of hydrogen-bond acceptors (Lipinski definition) is 8. The second-order valence-electron chi connectivity index (χ2n) is 5.63. The first kappa shape index (κ1) is 16.5. The zero-order valence-corrected chi connectivity index (χ0v) is 13.7. The number of rotatable bonds is 5. The molecule has 1 aliphatic rings. The van der Waals surface area contributed by atoms with Gasteiger partial charge in [-0.05, 0) is 23.8 Å². The molecule has 0 unspecified atom stereocenters. The fraction of sp³-hybridized carbons (Fsp3) is 0.118. The molecule has 0 saturated carbocycles. The van der Waals surface area contributed by atoms with Crippen molar-refractivity contribution in [1.29, 1.82) is 0 Å². The molecule has 1 aliphatic heterocycles. The standard InChI is InChI=1S/C17H12N4O6/c22-16(11-2-1-3-12(8-11)21(23)24)18-17-20-19-15(27-17)7-10-4-5-13-14(6-10)26-9-25-13/h1-6,8H,7,9H2,(H,18,20,22). The van der Waals surface area contributed by atoms with Crippen molar-refractivity contribution < 1.29 is 23.6 Å². The van der Waals surface area contributed by atoms with Crippen molar-refractivity contribution in [3.63, 3.8) is 0 Å². The summed E-state index contributed by atoms with van der Waals surface area (Å²) >= 11 is 0. The Labute approximate surface area is 151 Å². The summed E-state index contributed by atoms with van der Waals surface area (Å²) in [7, 11) is 0. The Morgan fingerprint density at radius 1 is 1.15 bits per heavy atom. The lowest BCUT2D eigenvalue weighted by Crippen LogP contribution is -2.12. The number of carbonyl (C=O) groups excluding carboxylic acids is 1. The van der Waals surface area contributed by atoms with Gasteiger partial charge in [0.25, 0.3) is 11.6 Å². The molecule has 0 aliphatic carbocycles. The van der Waals surface area contributed by atoms with Gasteiger partial charge in [-0.1, -0.05) is 17.2 Å². The normalized spacial score (nSPS) is 12.0. The van der Waals surface area contributed by atoms with Crippen LogP contribution in [0.5, 0.6) is 11.5 Å². The van der Waals surface area contributed by atoms with Gasteiger partial charge in [0.1, 0.15) is 0 Å². The van der Waals surface area contributed by atoms with Gasteiger partial charge >= 0.3 is 6.01 Å². The molecule has 2 heterocycles. The van der Waals surface area contributed by atoms with Crippen LogP contribution >= 0.6 is 0 Å². The van der Waals surface area contributed by atoms with E-state index in [0.717, 1.165) is 5.56 Å². The number of benzene rings is 2. The maximum absolute atomic E-state index is 12.2. The monoisotopic (exact) mass is 368 g/mol. The number of nitro benzene ring substituents is 1. The predicted molar refractivity (Wildman–Crippen MR) is 90.7 cm³/mol. The molecule has 27 heavy (non-hydrogen) atoms. The van der Waals surface area contributed by atoms with Crippen molar-refractivity contribution in [3.05, 3.63) is 69.6 Å². The van der Waals surface area contributed by atoms with Crippen LogP contribution in [0.3, 0.4) is 0 Å². The lowest BCUT2D eigenvalue weighted by molar-refractivity contribution is -0.384. The fourth-order valence-electron chi connectivity index (χ4n) is 2.53. The van der Waals surface area contributed by atoms with Crippen LogP contribution in [-0.4, -0.2) is 27.8 Å². The van der Waals surface area contributed by atoms with Gasteiger partial charge < -0.3 is 13.9 Å². The maximum Gasteiger partial charge on any atom is 0.322 e. The minimum Gasteiger partial charge on any atom is -0.454 e. The van der Waals surface area contributed by atoms with E-state index >= 15 is 0 Å². The lowest BCUT2D eigenvalue weighted by atomic mass is 10.1. The average Bonchev–Trinajstić information content (AvgIpc) is 3.30. The second-order valence-corrected chi connectivity index (χ2v) is 5.63. The summed E-state index contributed by atoms with van der Waals surface area (Å²) in [6.45, 7) is 0.188. The largest absolute Gasteiger partial charge is 0.454 e. The molecule has 1 N–H and O–H groups in total. The zero-order chi connectivity index (χ0) is 18.8. The van der Waals surface area contributed by atoms with Crippen molar-refractivity contribution in [3.8, 4) is 11.5 Å². The molecule has 136 valence electrons. The Hall–Kier alpha value is -3.95. The number of nitro groups is 1. The highest BCUT2D eigenvalue weighted by atomic mass is 16.7. The topological polar surface area (TPSA) is 130 Å². The van der Waals surface area contributed by atoms with Gasteiger partial charge in [0.05, 0.1) is 11.3 Å². The molecule has 0 bridgehead atoms. The number of nitrogens with one attached hydrogen (secondary N) is 1. The first-order valence-corrected chi connectivity index (χ1v) is 7.85.